The van der Waals surface area contributed by atoms with Crippen LogP contribution in [0.15, 0.2) is 41.6 Å². The molecule has 1 atom stereocenters. The van der Waals surface area contributed by atoms with Gasteiger partial charge in [0.05, 0.1) is 5.25 Å². The molecule has 0 aliphatic carbocycles. The predicted molar refractivity (Wildman–Crippen MR) is 81.2 cm³/mol. The van der Waals surface area contributed by atoms with Crippen LogP contribution in [0.1, 0.15) is 6.92 Å². The van der Waals surface area contributed by atoms with Crippen molar-refractivity contribution < 1.29 is 4.79 Å². The number of hydrogen-bond donors (Lipinski definition) is 3. The van der Waals surface area contributed by atoms with Gasteiger partial charge in [-0.05, 0) is 19.1 Å². The second kappa shape index (κ2) is 6.25. The van der Waals surface area contributed by atoms with Gasteiger partial charge in [-0.3, -0.25) is 4.79 Å². The van der Waals surface area contributed by atoms with E-state index in [9.17, 15) is 4.79 Å². The normalized spacial score (nSPS) is 11.8. The van der Waals surface area contributed by atoms with E-state index in [-0.39, 0.29) is 22.8 Å². The van der Waals surface area contributed by atoms with Gasteiger partial charge in [-0.1, -0.05) is 30.0 Å². The fourth-order valence-corrected chi connectivity index (χ4v) is 2.29. The molecule has 0 bridgehead atoms. The lowest BCUT2D eigenvalue weighted by molar-refractivity contribution is -0.115. The summed E-state index contributed by atoms with van der Waals surface area (Å²) in [5.74, 6) is 0.442. The van der Waals surface area contributed by atoms with E-state index >= 15 is 0 Å². The van der Waals surface area contributed by atoms with Crippen LogP contribution in [-0.2, 0) is 4.79 Å². The molecular formula is C13H15N5OS. The highest BCUT2D eigenvalue weighted by molar-refractivity contribution is 8.00. The van der Waals surface area contributed by atoms with E-state index in [1.807, 2.05) is 30.3 Å². The van der Waals surface area contributed by atoms with Gasteiger partial charge in [0.2, 0.25) is 5.91 Å². The number of para-hydroxylation sites is 1. The lowest BCUT2D eigenvalue weighted by Crippen LogP contribution is -2.22. The first-order valence-electron chi connectivity index (χ1n) is 5.97. The zero-order valence-electron chi connectivity index (χ0n) is 10.9. The summed E-state index contributed by atoms with van der Waals surface area (Å²) in [6.45, 7) is 1.77. The lowest BCUT2D eigenvalue weighted by atomic mass is 10.3. The van der Waals surface area contributed by atoms with Crippen molar-refractivity contribution in [2.24, 2.45) is 0 Å². The molecule has 0 unspecified atom stereocenters. The van der Waals surface area contributed by atoms with E-state index in [1.54, 1.807) is 6.92 Å². The van der Waals surface area contributed by atoms with Gasteiger partial charge in [-0.2, -0.15) is 0 Å². The number of thioether (sulfide) groups is 1. The highest BCUT2D eigenvalue weighted by atomic mass is 32.2. The predicted octanol–water partition coefficient (Wildman–Crippen LogP) is 1.76. The zero-order valence-corrected chi connectivity index (χ0v) is 11.7. The maximum Gasteiger partial charge on any atom is 0.237 e. The fraction of sp³-hybridized carbons (Fsp3) is 0.154. The largest absolute Gasteiger partial charge is 0.383 e. The molecule has 0 saturated carbocycles. The second-order valence-electron chi connectivity index (χ2n) is 4.12. The summed E-state index contributed by atoms with van der Waals surface area (Å²) in [7, 11) is 0. The minimum atomic E-state index is -0.364. The average Bonchev–Trinajstić information content (AvgIpc) is 2.38. The highest BCUT2D eigenvalue weighted by Crippen LogP contribution is 2.22. The molecule has 0 radical (unpaired) electrons. The highest BCUT2D eigenvalue weighted by Gasteiger charge is 2.16. The summed E-state index contributed by atoms with van der Waals surface area (Å²) in [4.78, 5) is 20.1. The number of carbonyl (C=O) groups excluding carboxylic acids is 1. The number of nitrogens with one attached hydrogen (secondary N) is 1. The Balaban J connectivity index is 2.00. The number of anilines is 3. The molecule has 0 aliphatic rings. The minimum Gasteiger partial charge on any atom is -0.383 e. The van der Waals surface area contributed by atoms with Crippen molar-refractivity contribution in [3.63, 3.8) is 0 Å². The Morgan fingerprint density at radius 1 is 1.20 bits per heavy atom. The van der Waals surface area contributed by atoms with Gasteiger partial charge in [0, 0.05) is 11.8 Å². The van der Waals surface area contributed by atoms with Crippen molar-refractivity contribution in [3.05, 3.63) is 36.4 Å². The Bertz CT molecular complexity index is 585. The van der Waals surface area contributed by atoms with Gasteiger partial charge < -0.3 is 16.8 Å². The minimum absolute atomic E-state index is 0.134. The number of amides is 1. The van der Waals surface area contributed by atoms with E-state index in [4.69, 9.17) is 11.5 Å². The van der Waals surface area contributed by atoms with Crippen molar-refractivity contribution in [3.8, 4) is 0 Å². The number of nitrogen functional groups attached to an aromatic ring is 2. The molecule has 1 aromatic heterocycles. The molecule has 2 aromatic rings. The number of nitrogens with two attached hydrogens (primary N) is 2. The quantitative estimate of drug-likeness (QED) is 0.585. The topological polar surface area (TPSA) is 107 Å². The molecule has 20 heavy (non-hydrogen) atoms. The summed E-state index contributed by atoms with van der Waals surface area (Å²) in [5, 5.41) is 2.84. The molecule has 0 fully saturated rings. The molecule has 2 rings (SSSR count). The molecular weight excluding hydrogens is 274 g/mol. The Hall–Kier alpha value is -2.28. The van der Waals surface area contributed by atoms with Crippen LogP contribution in [0, 0.1) is 0 Å². The van der Waals surface area contributed by atoms with E-state index in [2.05, 4.69) is 15.3 Å². The van der Waals surface area contributed by atoms with Crippen LogP contribution < -0.4 is 16.8 Å². The van der Waals surface area contributed by atoms with Crippen molar-refractivity contribution in [2.75, 3.05) is 16.8 Å². The fourth-order valence-electron chi connectivity index (χ4n) is 1.49. The van der Waals surface area contributed by atoms with Gasteiger partial charge in [-0.15, -0.1) is 0 Å². The SMILES string of the molecule is C[C@H](Sc1nc(N)cc(N)n1)C(=O)Nc1ccccc1. The maximum atomic E-state index is 12.0. The van der Waals surface area contributed by atoms with Crippen LogP contribution in [0.25, 0.3) is 0 Å². The monoisotopic (exact) mass is 289 g/mol. The van der Waals surface area contributed by atoms with Gasteiger partial charge in [0.25, 0.3) is 0 Å². The number of carbonyl (C=O) groups is 1. The van der Waals surface area contributed by atoms with Gasteiger partial charge >= 0.3 is 0 Å². The third-order valence-corrected chi connectivity index (χ3v) is 3.40. The zero-order chi connectivity index (χ0) is 14.5. The average molecular weight is 289 g/mol. The molecule has 0 aliphatic heterocycles. The van der Waals surface area contributed by atoms with Crippen LogP contribution in [0.3, 0.4) is 0 Å². The van der Waals surface area contributed by atoms with Gasteiger partial charge in [0.15, 0.2) is 5.16 Å². The second-order valence-corrected chi connectivity index (χ2v) is 5.42. The van der Waals surface area contributed by atoms with Crippen LogP contribution in [0.2, 0.25) is 0 Å². The molecule has 0 spiro atoms. The molecule has 104 valence electrons. The first-order valence-corrected chi connectivity index (χ1v) is 6.85. The first-order chi connectivity index (χ1) is 9.54. The summed E-state index contributed by atoms with van der Waals surface area (Å²) in [6.07, 6.45) is 0. The molecule has 1 amide bonds. The number of benzene rings is 1. The summed E-state index contributed by atoms with van der Waals surface area (Å²) >= 11 is 1.20. The molecule has 1 heterocycles. The van der Waals surface area contributed by atoms with Crippen molar-refractivity contribution >= 4 is 35.0 Å². The standard InChI is InChI=1S/C13H15N5OS/c1-8(12(19)16-9-5-3-2-4-6-9)20-13-17-10(14)7-11(15)18-13/h2-8H,1H3,(H,16,19)(H4,14,15,17,18)/t8-/m0/s1. The van der Waals surface area contributed by atoms with E-state index in [0.29, 0.717) is 5.16 Å². The lowest BCUT2D eigenvalue weighted by Gasteiger charge is -2.11. The summed E-state index contributed by atoms with van der Waals surface area (Å²) < 4.78 is 0. The maximum absolute atomic E-state index is 12.0. The molecule has 0 saturated heterocycles. The Morgan fingerprint density at radius 2 is 1.80 bits per heavy atom. The van der Waals surface area contributed by atoms with Gasteiger partial charge in [0.1, 0.15) is 11.6 Å². The van der Waals surface area contributed by atoms with E-state index < -0.39 is 0 Å². The molecule has 5 N–H and O–H groups in total. The number of aromatic nitrogens is 2. The Labute approximate surface area is 121 Å². The third kappa shape index (κ3) is 3.86. The Morgan fingerprint density at radius 3 is 2.40 bits per heavy atom. The van der Waals surface area contributed by atoms with Crippen molar-refractivity contribution in [1.82, 2.24) is 9.97 Å². The van der Waals surface area contributed by atoms with Crippen molar-refractivity contribution in [1.29, 1.82) is 0 Å². The number of hydrogen-bond acceptors (Lipinski definition) is 6. The van der Waals surface area contributed by atoms with Crippen LogP contribution >= 0.6 is 11.8 Å². The van der Waals surface area contributed by atoms with E-state index in [1.165, 1.54) is 17.8 Å². The summed E-state index contributed by atoms with van der Waals surface area (Å²) in [5.41, 5.74) is 11.9. The summed E-state index contributed by atoms with van der Waals surface area (Å²) in [6, 6.07) is 10.7. The van der Waals surface area contributed by atoms with Crippen LogP contribution in [0.5, 0.6) is 0 Å². The van der Waals surface area contributed by atoms with Crippen LogP contribution in [0.4, 0.5) is 17.3 Å². The third-order valence-electron chi connectivity index (χ3n) is 2.44. The smallest absolute Gasteiger partial charge is 0.237 e. The van der Waals surface area contributed by atoms with E-state index in [0.717, 1.165) is 5.69 Å². The molecule has 6 nitrogen and oxygen atoms in total. The van der Waals surface area contributed by atoms with Crippen LogP contribution in [-0.4, -0.2) is 21.1 Å². The molecule has 1 aromatic carbocycles. The number of nitrogens with zero attached hydrogens (tertiary/aromatic N) is 2. The first kappa shape index (κ1) is 14.1. The Kier molecular flexibility index (Phi) is 4.41. The van der Waals surface area contributed by atoms with Crippen molar-refractivity contribution in [2.45, 2.75) is 17.3 Å². The molecule has 7 heteroatoms. The van der Waals surface area contributed by atoms with Gasteiger partial charge in [-0.25, -0.2) is 9.97 Å². The number of rotatable bonds is 4.